The van der Waals surface area contributed by atoms with Gasteiger partial charge >= 0.3 is 0 Å². The Labute approximate surface area is 150 Å². The first kappa shape index (κ1) is 17.3. The average Bonchev–Trinajstić information content (AvgIpc) is 3.09. The molecule has 3 heteroatoms. The minimum Gasteiger partial charge on any atom is -0.379 e. The summed E-state index contributed by atoms with van der Waals surface area (Å²) >= 11 is 0. The number of aryl methyl sites for hydroxylation is 2. The number of allylic oxidation sites excluding steroid dienone is 2. The molecule has 0 saturated carbocycles. The van der Waals surface area contributed by atoms with E-state index in [9.17, 15) is 4.79 Å². The largest absolute Gasteiger partial charge is 0.379 e. The van der Waals surface area contributed by atoms with E-state index in [1.165, 1.54) is 16.7 Å². The highest BCUT2D eigenvalue weighted by atomic mass is 16.1. The monoisotopic (exact) mass is 334 g/mol. The second kappa shape index (κ2) is 8.02. The number of hydrogen-bond acceptors (Lipinski definition) is 2. The van der Waals surface area contributed by atoms with Gasteiger partial charge in [0.2, 0.25) is 5.91 Å². The van der Waals surface area contributed by atoms with Crippen LogP contribution in [0.3, 0.4) is 0 Å². The number of amides is 1. The summed E-state index contributed by atoms with van der Waals surface area (Å²) in [5, 5.41) is 6.53. The predicted molar refractivity (Wildman–Crippen MR) is 105 cm³/mol. The lowest BCUT2D eigenvalue weighted by atomic mass is 10.0. The van der Waals surface area contributed by atoms with Crippen molar-refractivity contribution in [3.05, 3.63) is 71.3 Å². The minimum absolute atomic E-state index is 0.0811. The quantitative estimate of drug-likeness (QED) is 0.712. The molecule has 0 heterocycles. The maximum Gasteiger partial charge on any atom is 0.225 e. The van der Waals surface area contributed by atoms with Gasteiger partial charge in [0.1, 0.15) is 0 Å². The molecule has 1 aliphatic rings. The molecule has 1 unspecified atom stereocenters. The van der Waals surface area contributed by atoms with E-state index in [0.717, 1.165) is 30.8 Å². The molecule has 2 aromatic rings. The summed E-state index contributed by atoms with van der Waals surface area (Å²) in [5.74, 6) is 0.465. The van der Waals surface area contributed by atoms with E-state index < -0.39 is 0 Å². The van der Waals surface area contributed by atoms with Gasteiger partial charge in [-0.3, -0.25) is 4.79 Å². The van der Waals surface area contributed by atoms with Crippen molar-refractivity contribution in [1.29, 1.82) is 0 Å². The molecule has 0 fully saturated rings. The summed E-state index contributed by atoms with van der Waals surface area (Å²) in [7, 11) is 0. The molecule has 0 aromatic heterocycles. The molecule has 1 amide bonds. The number of carbonyl (C=O) groups is 1. The van der Waals surface area contributed by atoms with Crippen molar-refractivity contribution in [2.75, 3.05) is 10.6 Å². The molecule has 3 nitrogen and oxygen atoms in total. The van der Waals surface area contributed by atoms with E-state index in [1.54, 1.807) is 0 Å². The number of hydrogen-bond donors (Lipinski definition) is 2. The highest BCUT2D eigenvalue weighted by Gasteiger charge is 2.15. The summed E-state index contributed by atoms with van der Waals surface area (Å²) in [6, 6.07) is 14.4. The van der Waals surface area contributed by atoms with Crippen molar-refractivity contribution in [2.45, 2.75) is 39.7 Å². The summed E-state index contributed by atoms with van der Waals surface area (Å²) < 4.78 is 0. The first-order valence-electron chi connectivity index (χ1n) is 8.97. The maximum atomic E-state index is 12.3. The fourth-order valence-electron chi connectivity index (χ4n) is 3.23. The van der Waals surface area contributed by atoms with Crippen LogP contribution in [0.1, 0.15) is 36.0 Å². The van der Waals surface area contributed by atoms with Gasteiger partial charge in [-0.2, -0.15) is 0 Å². The molecule has 2 aromatic carbocycles. The predicted octanol–water partition coefficient (Wildman–Crippen LogP) is 5.21. The topological polar surface area (TPSA) is 41.1 Å². The minimum atomic E-state index is 0.0811. The molecule has 1 aliphatic carbocycles. The van der Waals surface area contributed by atoms with E-state index in [-0.39, 0.29) is 5.91 Å². The molecule has 0 saturated heterocycles. The number of nitrogens with one attached hydrogen (secondary N) is 2. The van der Waals surface area contributed by atoms with Crippen LogP contribution in [0.4, 0.5) is 11.4 Å². The fraction of sp³-hybridized carbons (Fsp3) is 0.318. The molecule has 25 heavy (non-hydrogen) atoms. The molecule has 0 aliphatic heterocycles. The summed E-state index contributed by atoms with van der Waals surface area (Å²) in [6.45, 7) is 4.97. The van der Waals surface area contributed by atoms with Crippen LogP contribution in [0.25, 0.3) is 0 Å². The molecule has 0 radical (unpaired) electrons. The maximum absolute atomic E-state index is 12.3. The van der Waals surface area contributed by atoms with E-state index in [4.69, 9.17) is 0 Å². The van der Waals surface area contributed by atoms with Gasteiger partial charge in [0.15, 0.2) is 0 Å². The smallest absolute Gasteiger partial charge is 0.225 e. The van der Waals surface area contributed by atoms with Crippen LogP contribution >= 0.6 is 0 Å². The van der Waals surface area contributed by atoms with E-state index in [0.29, 0.717) is 12.3 Å². The van der Waals surface area contributed by atoms with Crippen molar-refractivity contribution in [2.24, 2.45) is 5.92 Å². The van der Waals surface area contributed by atoms with E-state index >= 15 is 0 Å². The van der Waals surface area contributed by atoms with Crippen LogP contribution in [-0.2, 0) is 11.3 Å². The second-order valence-corrected chi connectivity index (χ2v) is 6.85. The molecular formula is C22H26N2O. The van der Waals surface area contributed by atoms with Gasteiger partial charge in [0.25, 0.3) is 0 Å². The molecule has 2 N–H and O–H groups in total. The fourth-order valence-corrected chi connectivity index (χ4v) is 3.23. The standard InChI is InChI=1S/C22H26N2O/c1-16-11-12-17(2)19(13-16)15-23-20-9-5-6-10-21(20)24-22(25)14-18-7-3-4-8-18/h3,5-7,9-13,18,23H,4,8,14-15H2,1-2H3,(H,24,25). The van der Waals surface area contributed by atoms with Crippen molar-refractivity contribution in [1.82, 2.24) is 0 Å². The molecule has 3 rings (SSSR count). The van der Waals surface area contributed by atoms with Gasteiger partial charge in [-0.25, -0.2) is 0 Å². The van der Waals surface area contributed by atoms with Crippen LogP contribution in [-0.4, -0.2) is 5.91 Å². The average molecular weight is 334 g/mol. The Morgan fingerprint density at radius 1 is 1.12 bits per heavy atom. The number of para-hydroxylation sites is 2. The lowest BCUT2D eigenvalue weighted by Crippen LogP contribution is -2.16. The third kappa shape index (κ3) is 4.72. The van der Waals surface area contributed by atoms with Gasteiger partial charge < -0.3 is 10.6 Å². The second-order valence-electron chi connectivity index (χ2n) is 6.85. The Bertz CT molecular complexity index is 779. The molecule has 130 valence electrons. The lowest BCUT2D eigenvalue weighted by Gasteiger charge is -2.15. The highest BCUT2D eigenvalue weighted by molar-refractivity contribution is 5.94. The van der Waals surface area contributed by atoms with Gasteiger partial charge in [-0.1, -0.05) is 48.0 Å². The summed E-state index contributed by atoms with van der Waals surface area (Å²) in [5.41, 5.74) is 5.61. The van der Waals surface area contributed by atoms with E-state index in [1.807, 2.05) is 24.3 Å². The third-order valence-electron chi connectivity index (χ3n) is 4.74. The Morgan fingerprint density at radius 2 is 1.92 bits per heavy atom. The third-order valence-corrected chi connectivity index (χ3v) is 4.74. The van der Waals surface area contributed by atoms with Crippen molar-refractivity contribution < 1.29 is 4.79 Å². The number of anilines is 2. The van der Waals surface area contributed by atoms with Crippen molar-refractivity contribution in [3.8, 4) is 0 Å². The molecular weight excluding hydrogens is 308 g/mol. The van der Waals surface area contributed by atoms with Crippen molar-refractivity contribution >= 4 is 17.3 Å². The summed E-state index contributed by atoms with van der Waals surface area (Å²) in [6.07, 6.45) is 7.05. The van der Waals surface area contributed by atoms with Gasteiger partial charge in [0.05, 0.1) is 11.4 Å². The Balaban J connectivity index is 1.65. The normalized spacial score (nSPS) is 16.0. The number of carbonyl (C=O) groups excluding carboxylic acids is 1. The van der Waals surface area contributed by atoms with Crippen LogP contribution in [0, 0.1) is 19.8 Å². The Hall–Kier alpha value is -2.55. The molecule has 0 spiro atoms. The molecule has 1 atom stereocenters. The van der Waals surface area contributed by atoms with Gasteiger partial charge in [0, 0.05) is 13.0 Å². The zero-order chi connectivity index (χ0) is 17.6. The summed E-state index contributed by atoms with van der Waals surface area (Å²) in [4.78, 5) is 12.3. The SMILES string of the molecule is Cc1ccc(C)c(CNc2ccccc2NC(=O)CC2C=CCC2)c1. The van der Waals surface area contributed by atoms with Gasteiger partial charge in [-0.05, 0) is 55.9 Å². The van der Waals surface area contributed by atoms with Crippen LogP contribution in [0.2, 0.25) is 0 Å². The van der Waals surface area contributed by atoms with Crippen LogP contribution in [0.5, 0.6) is 0 Å². The Morgan fingerprint density at radius 3 is 2.68 bits per heavy atom. The number of rotatable bonds is 6. The zero-order valence-corrected chi connectivity index (χ0v) is 15.0. The van der Waals surface area contributed by atoms with Crippen molar-refractivity contribution in [3.63, 3.8) is 0 Å². The zero-order valence-electron chi connectivity index (χ0n) is 15.0. The van der Waals surface area contributed by atoms with E-state index in [2.05, 4.69) is 54.8 Å². The highest BCUT2D eigenvalue weighted by Crippen LogP contribution is 2.25. The van der Waals surface area contributed by atoms with Crippen LogP contribution in [0.15, 0.2) is 54.6 Å². The Kier molecular flexibility index (Phi) is 5.54. The first-order chi connectivity index (χ1) is 12.1. The number of benzene rings is 2. The van der Waals surface area contributed by atoms with Crippen LogP contribution < -0.4 is 10.6 Å². The van der Waals surface area contributed by atoms with Gasteiger partial charge in [-0.15, -0.1) is 0 Å². The lowest BCUT2D eigenvalue weighted by molar-refractivity contribution is -0.116. The molecule has 0 bridgehead atoms. The first-order valence-corrected chi connectivity index (χ1v) is 8.97.